The number of nitrogens with zero attached hydrogens (tertiary/aromatic N) is 1. The summed E-state index contributed by atoms with van der Waals surface area (Å²) >= 11 is 0. The molecule has 114 valence electrons. The van der Waals surface area contributed by atoms with Gasteiger partial charge in [0.1, 0.15) is 0 Å². The van der Waals surface area contributed by atoms with Gasteiger partial charge in [-0.3, -0.25) is 4.79 Å². The van der Waals surface area contributed by atoms with E-state index in [9.17, 15) is 9.59 Å². The first-order valence-electron chi connectivity index (χ1n) is 6.97. The number of anilines is 2. The van der Waals surface area contributed by atoms with Crippen molar-refractivity contribution in [2.24, 2.45) is 0 Å². The van der Waals surface area contributed by atoms with Gasteiger partial charge in [0.05, 0.1) is 0 Å². The molecule has 0 fully saturated rings. The molecule has 0 heterocycles. The molecule has 0 saturated heterocycles. The van der Waals surface area contributed by atoms with Gasteiger partial charge in [-0.2, -0.15) is 0 Å². The first kappa shape index (κ1) is 16.8. The molecule has 2 N–H and O–H groups in total. The third-order valence-electron chi connectivity index (χ3n) is 3.28. The van der Waals surface area contributed by atoms with E-state index in [2.05, 4.69) is 24.1 Å². The van der Waals surface area contributed by atoms with E-state index in [0.29, 0.717) is 5.69 Å². The van der Waals surface area contributed by atoms with Crippen LogP contribution in [0.15, 0.2) is 29.8 Å². The zero-order valence-electron chi connectivity index (χ0n) is 12.9. The highest BCUT2D eigenvalue weighted by Crippen LogP contribution is 2.23. The van der Waals surface area contributed by atoms with E-state index in [-0.39, 0.29) is 5.57 Å². The monoisotopic (exact) mass is 290 g/mol. The summed E-state index contributed by atoms with van der Waals surface area (Å²) < 4.78 is 0. The van der Waals surface area contributed by atoms with Gasteiger partial charge in [-0.15, -0.1) is 0 Å². The Balaban J connectivity index is 2.91. The van der Waals surface area contributed by atoms with Gasteiger partial charge >= 0.3 is 5.97 Å². The summed E-state index contributed by atoms with van der Waals surface area (Å²) in [5, 5.41) is 11.4. The first-order valence-corrected chi connectivity index (χ1v) is 6.97. The van der Waals surface area contributed by atoms with Gasteiger partial charge in [0.2, 0.25) is 0 Å². The van der Waals surface area contributed by atoms with Crippen LogP contribution in [0.2, 0.25) is 0 Å². The summed E-state index contributed by atoms with van der Waals surface area (Å²) in [5.74, 6) is -1.53. The number of benzene rings is 1. The van der Waals surface area contributed by atoms with Crippen LogP contribution < -0.4 is 10.2 Å². The van der Waals surface area contributed by atoms with Crippen LogP contribution in [0.3, 0.4) is 0 Å². The van der Waals surface area contributed by atoms with Crippen LogP contribution in [0.1, 0.15) is 26.3 Å². The molecular formula is C16H22N2O3. The SMILES string of the molecule is CCN(CC)c1ccc(NC(=O)/C(C)=C/C(=O)O)c(C)c1. The molecule has 5 heteroatoms. The Hall–Kier alpha value is -2.30. The molecule has 1 amide bonds. The fraction of sp³-hybridized carbons (Fsp3) is 0.375. The van der Waals surface area contributed by atoms with Gasteiger partial charge < -0.3 is 15.3 Å². The van der Waals surface area contributed by atoms with E-state index in [1.165, 1.54) is 6.92 Å². The number of aliphatic carboxylic acids is 1. The molecule has 0 radical (unpaired) electrons. The predicted octanol–water partition coefficient (Wildman–Crippen LogP) is 2.81. The van der Waals surface area contributed by atoms with E-state index in [4.69, 9.17) is 5.11 Å². The molecule has 0 atom stereocenters. The number of carbonyl (C=O) groups is 2. The maximum atomic E-state index is 11.9. The Morgan fingerprint density at radius 2 is 1.90 bits per heavy atom. The van der Waals surface area contributed by atoms with Crippen LogP contribution in [-0.4, -0.2) is 30.1 Å². The van der Waals surface area contributed by atoms with E-state index >= 15 is 0 Å². The maximum Gasteiger partial charge on any atom is 0.328 e. The number of amides is 1. The topological polar surface area (TPSA) is 69.6 Å². The van der Waals surface area contributed by atoms with E-state index < -0.39 is 11.9 Å². The highest BCUT2D eigenvalue weighted by molar-refractivity contribution is 6.06. The molecule has 0 saturated carbocycles. The zero-order valence-corrected chi connectivity index (χ0v) is 12.9. The largest absolute Gasteiger partial charge is 0.478 e. The number of carbonyl (C=O) groups excluding carboxylic acids is 1. The third kappa shape index (κ3) is 4.63. The second-order valence-corrected chi connectivity index (χ2v) is 4.79. The van der Waals surface area contributed by atoms with E-state index in [1.807, 2.05) is 25.1 Å². The number of hydrogen-bond acceptors (Lipinski definition) is 3. The molecule has 5 nitrogen and oxygen atoms in total. The average Bonchev–Trinajstić information content (AvgIpc) is 2.42. The van der Waals surface area contributed by atoms with Crippen molar-refractivity contribution in [3.05, 3.63) is 35.4 Å². The fourth-order valence-corrected chi connectivity index (χ4v) is 2.05. The highest BCUT2D eigenvalue weighted by atomic mass is 16.4. The van der Waals surface area contributed by atoms with Gasteiger partial charge in [0.25, 0.3) is 5.91 Å². The Kier molecular flexibility index (Phi) is 5.96. The first-order chi connectivity index (χ1) is 9.88. The van der Waals surface area contributed by atoms with Crippen LogP contribution in [-0.2, 0) is 9.59 Å². The van der Waals surface area contributed by atoms with Crippen molar-refractivity contribution in [1.82, 2.24) is 0 Å². The summed E-state index contributed by atoms with van der Waals surface area (Å²) in [4.78, 5) is 24.7. The smallest absolute Gasteiger partial charge is 0.328 e. The van der Waals surface area contributed by atoms with Crippen molar-refractivity contribution in [2.75, 3.05) is 23.3 Å². The molecule has 0 bridgehead atoms. The van der Waals surface area contributed by atoms with Crippen molar-refractivity contribution >= 4 is 23.3 Å². The molecule has 0 aromatic heterocycles. The minimum absolute atomic E-state index is 0.162. The highest BCUT2D eigenvalue weighted by Gasteiger charge is 2.10. The lowest BCUT2D eigenvalue weighted by Gasteiger charge is -2.22. The number of nitrogens with one attached hydrogen (secondary N) is 1. The minimum atomic E-state index is -1.13. The molecule has 0 aliphatic heterocycles. The summed E-state index contributed by atoms with van der Waals surface area (Å²) in [5.41, 5.74) is 2.90. The lowest BCUT2D eigenvalue weighted by Crippen LogP contribution is -2.22. The van der Waals surface area contributed by atoms with Gasteiger partial charge in [-0.25, -0.2) is 4.79 Å². The number of hydrogen-bond donors (Lipinski definition) is 2. The van der Waals surface area contributed by atoms with E-state index in [1.54, 1.807) is 0 Å². The normalized spacial score (nSPS) is 11.1. The van der Waals surface area contributed by atoms with Gasteiger partial charge in [-0.1, -0.05) is 0 Å². The molecule has 1 aromatic rings. The third-order valence-corrected chi connectivity index (χ3v) is 3.28. The van der Waals surface area contributed by atoms with Crippen molar-refractivity contribution in [1.29, 1.82) is 0 Å². The Bertz CT molecular complexity index is 561. The molecule has 0 unspecified atom stereocenters. The van der Waals surface area contributed by atoms with Crippen molar-refractivity contribution in [3.8, 4) is 0 Å². The van der Waals surface area contributed by atoms with Crippen LogP contribution in [0.4, 0.5) is 11.4 Å². The summed E-state index contributed by atoms with van der Waals surface area (Å²) in [6.45, 7) is 9.41. The van der Waals surface area contributed by atoms with Gasteiger partial charge in [0, 0.05) is 36.1 Å². The summed E-state index contributed by atoms with van der Waals surface area (Å²) in [6.07, 6.45) is 0.898. The van der Waals surface area contributed by atoms with Crippen LogP contribution in [0, 0.1) is 6.92 Å². The predicted molar refractivity (Wildman–Crippen MR) is 84.8 cm³/mol. The molecule has 1 rings (SSSR count). The van der Waals surface area contributed by atoms with Crippen LogP contribution in [0.25, 0.3) is 0 Å². The molecule has 1 aromatic carbocycles. The van der Waals surface area contributed by atoms with Crippen LogP contribution in [0.5, 0.6) is 0 Å². The van der Waals surface area contributed by atoms with Gasteiger partial charge in [-0.05, 0) is 51.5 Å². The summed E-state index contributed by atoms with van der Waals surface area (Å²) in [6, 6.07) is 5.81. The standard InChI is InChI=1S/C16H22N2O3/c1-5-18(6-2)13-7-8-14(11(3)9-13)17-16(21)12(4)10-15(19)20/h7-10H,5-6H2,1-4H3,(H,17,21)(H,19,20)/b12-10+. The molecular weight excluding hydrogens is 268 g/mol. The molecule has 0 aliphatic carbocycles. The Labute approximate surface area is 125 Å². The number of carboxylic acid groups (broad SMARTS) is 1. The average molecular weight is 290 g/mol. The van der Waals surface area contributed by atoms with E-state index in [0.717, 1.165) is 30.4 Å². The second-order valence-electron chi connectivity index (χ2n) is 4.79. The summed E-state index contributed by atoms with van der Waals surface area (Å²) in [7, 11) is 0. The number of aryl methyl sites for hydroxylation is 1. The lowest BCUT2D eigenvalue weighted by molar-refractivity contribution is -0.131. The Morgan fingerprint density at radius 1 is 1.29 bits per heavy atom. The zero-order chi connectivity index (χ0) is 16.0. The van der Waals surface area contributed by atoms with Crippen molar-refractivity contribution < 1.29 is 14.7 Å². The quantitative estimate of drug-likeness (QED) is 0.790. The number of rotatable bonds is 6. The lowest BCUT2D eigenvalue weighted by atomic mass is 10.1. The molecule has 0 spiro atoms. The minimum Gasteiger partial charge on any atom is -0.478 e. The molecule has 0 aliphatic rings. The Morgan fingerprint density at radius 3 is 2.38 bits per heavy atom. The maximum absolute atomic E-state index is 11.9. The van der Waals surface area contributed by atoms with Gasteiger partial charge in [0.15, 0.2) is 0 Å². The number of carboxylic acids is 1. The van der Waals surface area contributed by atoms with Crippen LogP contribution >= 0.6 is 0 Å². The van der Waals surface area contributed by atoms with Crippen molar-refractivity contribution in [3.63, 3.8) is 0 Å². The van der Waals surface area contributed by atoms with Crippen molar-refractivity contribution in [2.45, 2.75) is 27.7 Å². The molecule has 21 heavy (non-hydrogen) atoms. The fourth-order valence-electron chi connectivity index (χ4n) is 2.05. The second kappa shape index (κ2) is 7.47.